The van der Waals surface area contributed by atoms with Crippen LogP contribution in [-0.4, -0.2) is 61.2 Å². The van der Waals surface area contributed by atoms with Crippen molar-refractivity contribution in [3.8, 4) is 0 Å². The number of carbonyl (C=O) groups is 1. The molecule has 1 saturated heterocycles. The van der Waals surface area contributed by atoms with Gasteiger partial charge in [-0.15, -0.1) is 0 Å². The van der Waals surface area contributed by atoms with Gasteiger partial charge in [-0.05, 0) is 6.07 Å². The molecule has 9 heteroatoms. The molecule has 0 amide bonds. The van der Waals surface area contributed by atoms with Gasteiger partial charge in [0, 0.05) is 26.2 Å². The zero-order chi connectivity index (χ0) is 14.9. The fraction of sp³-hybridized carbons (Fsp3) is 0.455. The Labute approximate surface area is 116 Å². The summed E-state index contributed by atoms with van der Waals surface area (Å²) in [5.41, 5.74) is 5.66. The Morgan fingerprint density at radius 2 is 1.95 bits per heavy atom. The van der Waals surface area contributed by atoms with E-state index in [-0.39, 0.29) is 11.3 Å². The summed E-state index contributed by atoms with van der Waals surface area (Å²) in [7, 11) is -3.19. The molecule has 0 bridgehead atoms. The van der Waals surface area contributed by atoms with E-state index in [0.29, 0.717) is 32.0 Å². The summed E-state index contributed by atoms with van der Waals surface area (Å²) < 4.78 is 24.2. The van der Waals surface area contributed by atoms with Gasteiger partial charge in [0.15, 0.2) is 0 Å². The van der Waals surface area contributed by atoms with Crippen molar-refractivity contribution in [3.63, 3.8) is 0 Å². The summed E-state index contributed by atoms with van der Waals surface area (Å²) >= 11 is 0. The molecule has 0 unspecified atom stereocenters. The maximum absolute atomic E-state index is 11.4. The SMILES string of the molecule is CS(=O)(=O)N1CCN(c2cc(C(=O)O)c(N)cn2)CC1. The lowest BCUT2D eigenvalue weighted by Gasteiger charge is -2.34. The largest absolute Gasteiger partial charge is 0.478 e. The Morgan fingerprint density at radius 1 is 1.35 bits per heavy atom. The van der Waals surface area contributed by atoms with Gasteiger partial charge < -0.3 is 15.7 Å². The first-order valence-corrected chi connectivity index (χ1v) is 7.83. The number of nitrogens with zero attached hydrogens (tertiary/aromatic N) is 3. The Kier molecular flexibility index (Phi) is 3.82. The average Bonchev–Trinajstić information content (AvgIpc) is 2.38. The van der Waals surface area contributed by atoms with E-state index in [0.717, 1.165) is 0 Å². The second kappa shape index (κ2) is 5.25. The molecule has 1 fully saturated rings. The van der Waals surface area contributed by atoms with E-state index >= 15 is 0 Å². The molecule has 110 valence electrons. The van der Waals surface area contributed by atoms with E-state index in [1.165, 1.54) is 22.8 Å². The van der Waals surface area contributed by atoms with Crippen LogP contribution in [0, 0.1) is 0 Å². The number of aromatic nitrogens is 1. The Hall–Kier alpha value is -1.87. The van der Waals surface area contributed by atoms with E-state index in [9.17, 15) is 13.2 Å². The van der Waals surface area contributed by atoms with Gasteiger partial charge in [0.2, 0.25) is 10.0 Å². The van der Waals surface area contributed by atoms with Crippen molar-refractivity contribution in [1.82, 2.24) is 9.29 Å². The number of aromatic carboxylic acids is 1. The van der Waals surface area contributed by atoms with Crippen LogP contribution in [0.5, 0.6) is 0 Å². The molecule has 0 atom stereocenters. The summed E-state index contributed by atoms with van der Waals surface area (Å²) in [6, 6.07) is 1.41. The minimum Gasteiger partial charge on any atom is -0.478 e. The first-order chi connectivity index (χ1) is 9.29. The van der Waals surface area contributed by atoms with Crippen molar-refractivity contribution in [2.75, 3.05) is 43.1 Å². The molecule has 0 saturated carbocycles. The quantitative estimate of drug-likeness (QED) is 0.768. The molecule has 0 aromatic carbocycles. The molecule has 0 aliphatic carbocycles. The number of nitrogen functional groups attached to an aromatic ring is 1. The van der Waals surface area contributed by atoms with E-state index < -0.39 is 16.0 Å². The number of anilines is 2. The first-order valence-electron chi connectivity index (χ1n) is 5.98. The fourth-order valence-electron chi connectivity index (χ4n) is 2.06. The molecule has 1 aliphatic rings. The van der Waals surface area contributed by atoms with E-state index in [2.05, 4.69) is 4.98 Å². The van der Waals surface area contributed by atoms with Crippen molar-refractivity contribution in [3.05, 3.63) is 17.8 Å². The summed E-state index contributed by atoms with van der Waals surface area (Å²) in [6.07, 6.45) is 2.48. The van der Waals surface area contributed by atoms with Crippen LogP contribution in [0.2, 0.25) is 0 Å². The van der Waals surface area contributed by atoms with Gasteiger partial charge in [0.25, 0.3) is 0 Å². The number of hydrogen-bond donors (Lipinski definition) is 2. The lowest BCUT2D eigenvalue weighted by molar-refractivity contribution is 0.0698. The molecule has 1 aliphatic heterocycles. The highest BCUT2D eigenvalue weighted by molar-refractivity contribution is 7.88. The maximum Gasteiger partial charge on any atom is 0.337 e. The Morgan fingerprint density at radius 3 is 2.45 bits per heavy atom. The topological polar surface area (TPSA) is 117 Å². The van der Waals surface area contributed by atoms with Gasteiger partial charge in [0.05, 0.1) is 23.7 Å². The predicted molar refractivity (Wildman–Crippen MR) is 74.2 cm³/mol. The van der Waals surface area contributed by atoms with Crippen LogP contribution in [0.25, 0.3) is 0 Å². The second-order valence-corrected chi connectivity index (χ2v) is 6.57. The number of rotatable bonds is 3. The predicted octanol–water partition coefficient (Wildman–Crippen LogP) is -0.556. The van der Waals surface area contributed by atoms with Crippen molar-refractivity contribution in [2.24, 2.45) is 0 Å². The standard InChI is InChI=1S/C11H16N4O4S/c1-20(18,19)15-4-2-14(3-5-15)10-6-8(11(16)17)9(12)7-13-10/h6-7H,2-5,12H2,1H3,(H,16,17). The highest BCUT2D eigenvalue weighted by Gasteiger charge is 2.24. The summed E-state index contributed by atoms with van der Waals surface area (Å²) in [5.74, 6) is -0.620. The lowest BCUT2D eigenvalue weighted by atomic mass is 10.2. The van der Waals surface area contributed by atoms with Gasteiger partial charge in [0.1, 0.15) is 5.82 Å². The third-order valence-electron chi connectivity index (χ3n) is 3.18. The number of hydrogen-bond acceptors (Lipinski definition) is 6. The smallest absolute Gasteiger partial charge is 0.337 e. The molecule has 1 aromatic heterocycles. The minimum absolute atomic E-state index is 0.000502. The number of carboxylic acids is 1. The fourth-order valence-corrected chi connectivity index (χ4v) is 2.89. The molecule has 2 rings (SSSR count). The molecule has 0 spiro atoms. The Bertz CT molecular complexity index is 623. The number of nitrogens with two attached hydrogens (primary N) is 1. The summed E-state index contributed by atoms with van der Waals surface area (Å²) in [6.45, 7) is 1.63. The molecule has 0 radical (unpaired) electrons. The number of piperazine rings is 1. The Balaban J connectivity index is 2.15. The van der Waals surface area contributed by atoms with Crippen molar-refractivity contribution in [2.45, 2.75) is 0 Å². The molecule has 20 heavy (non-hydrogen) atoms. The van der Waals surface area contributed by atoms with Crippen molar-refractivity contribution >= 4 is 27.5 Å². The van der Waals surface area contributed by atoms with Crippen LogP contribution in [-0.2, 0) is 10.0 Å². The average molecular weight is 300 g/mol. The second-order valence-electron chi connectivity index (χ2n) is 4.58. The third-order valence-corrected chi connectivity index (χ3v) is 4.49. The van der Waals surface area contributed by atoms with Crippen LogP contribution in [0.4, 0.5) is 11.5 Å². The zero-order valence-corrected chi connectivity index (χ0v) is 11.8. The van der Waals surface area contributed by atoms with Gasteiger partial charge >= 0.3 is 5.97 Å². The van der Waals surface area contributed by atoms with Gasteiger partial charge in [-0.25, -0.2) is 18.2 Å². The highest BCUT2D eigenvalue weighted by Crippen LogP contribution is 2.20. The normalized spacial score (nSPS) is 17.1. The lowest BCUT2D eigenvalue weighted by Crippen LogP contribution is -2.48. The van der Waals surface area contributed by atoms with Crippen LogP contribution < -0.4 is 10.6 Å². The van der Waals surface area contributed by atoms with Gasteiger partial charge in [-0.3, -0.25) is 0 Å². The zero-order valence-electron chi connectivity index (χ0n) is 11.0. The molecule has 1 aromatic rings. The van der Waals surface area contributed by atoms with Crippen molar-refractivity contribution < 1.29 is 18.3 Å². The van der Waals surface area contributed by atoms with Gasteiger partial charge in [-0.2, -0.15) is 4.31 Å². The molecule has 8 nitrogen and oxygen atoms in total. The number of sulfonamides is 1. The minimum atomic E-state index is -3.19. The van der Waals surface area contributed by atoms with Crippen molar-refractivity contribution in [1.29, 1.82) is 0 Å². The molecular weight excluding hydrogens is 284 g/mol. The number of pyridine rings is 1. The van der Waals surface area contributed by atoms with E-state index in [1.54, 1.807) is 0 Å². The third kappa shape index (κ3) is 2.99. The summed E-state index contributed by atoms with van der Waals surface area (Å²) in [4.78, 5) is 17.0. The van der Waals surface area contributed by atoms with Crippen LogP contribution in [0.1, 0.15) is 10.4 Å². The van der Waals surface area contributed by atoms with Crippen LogP contribution in [0.3, 0.4) is 0 Å². The van der Waals surface area contributed by atoms with E-state index in [1.807, 2.05) is 4.90 Å². The first kappa shape index (κ1) is 14.5. The van der Waals surface area contributed by atoms with E-state index in [4.69, 9.17) is 10.8 Å². The number of carboxylic acid groups (broad SMARTS) is 1. The molecular formula is C11H16N4O4S. The van der Waals surface area contributed by atoms with Crippen LogP contribution >= 0.6 is 0 Å². The molecule has 3 N–H and O–H groups in total. The highest BCUT2D eigenvalue weighted by atomic mass is 32.2. The summed E-state index contributed by atoms with van der Waals surface area (Å²) in [5, 5.41) is 9.02. The van der Waals surface area contributed by atoms with Gasteiger partial charge in [-0.1, -0.05) is 0 Å². The van der Waals surface area contributed by atoms with Crippen LogP contribution in [0.15, 0.2) is 12.3 Å². The monoisotopic (exact) mass is 300 g/mol. The molecule has 2 heterocycles. The maximum atomic E-state index is 11.4.